The van der Waals surface area contributed by atoms with Gasteiger partial charge in [0.25, 0.3) is 0 Å². The number of hydrogen-bond donors (Lipinski definition) is 0. The monoisotopic (exact) mass is 233 g/mol. The van der Waals surface area contributed by atoms with Crippen LogP contribution in [0.25, 0.3) is 0 Å². The summed E-state index contributed by atoms with van der Waals surface area (Å²) < 4.78 is 0.834. The predicted octanol–water partition coefficient (Wildman–Crippen LogP) is 2.27. The minimum Gasteiger partial charge on any atom is -0.291 e. The minimum absolute atomic E-state index is 0.0244. The van der Waals surface area contributed by atoms with E-state index in [4.69, 9.17) is 11.6 Å². The van der Waals surface area contributed by atoms with E-state index in [0.29, 0.717) is 5.69 Å². The molecule has 0 radical (unpaired) electrons. The Morgan fingerprint density at radius 3 is 3.00 bits per heavy atom. The Bertz CT molecular complexity index is 277. The molecule has 0 fully saturated rings. The molecule has 0 aliphatic rings. The average molecular weight is 234 g/mol. The molecule has 0 N–H and O–H groups in total. The van der Waals surface area contributed by atoms with E-state index < -0.39 is 0 Å². The van der Waals surface area contributed by atoms with Crippen LogP contribution in [0.2, 0.25) is 0 Å². The van der Waals surface area contributed by atoms with Gasteiger partial charge >= 0.3 is 0 Å². The standard InChI is InChI=1S/C7H5BrClNO/c8-5-1-2-10-6(3-5)7(11)4-9/h1-3H,4H2. The molecule has 1 rings (SSSR count). The predicted molar refractivity (Wildman–Crippen MR) is 47.0 cm³/mol. The number of ketones is 1. The second-order valence-corrected chi connectivity index (χ2v) is 3.10. The Morgan fingerprint density at radius 2 is 2.45 bits per heavy atom. The zero-order valence-corrected chi connectivity index (χ0v) is 7.89. The summed E-state index contributed by atoms with van der Waals surface area (Å²) in [5.41, 5.74) is 0.398. The average Bonchev–Trinajstić information content (AvgIpc) is 2.03. The topological polar surface area (TPSA) is 30.0 Å². The van der Waals surface area contributed by atoms with Crippen LogP contribution in [-0.2, 0) is 0 Å². The summed E-state index contributed by atoms with van der Waals surface area (Å²) in [4.78, 5) is 14.8. The molecule has 0 aromatic carbocycles. The highest BCUT2D eigenvalue weighted by Crippen LogP contribution is 2.09. The molecule has 0 aliphatic carbocycles. The fourth-order valence-electron chi connectivity index (χ4n) is 0.626. The maximum absolute atomic E-state index is 11.0. The number of hydrogen-bond acceptors (Lipinski definition) is 2. The normalized spacial score (nSPS) is 9.64. The van der Waals surface area contributed by atoms with Crippen molar-refractivity contribution in [3.05, 3.63) is 28.5 Å². The second-order valence-electron chi connectivity index (χ2n) is 1.92. The van der Waals surface area contributed by atoms with Crippen molar-refractivity contribution in [2.24, 2.45) is 0 Å². The van der Waals surface area contributed by atoms with Crippen molar-refractivity contribution in [2.45, 2.75) is 0 Å². The van der Waals surface area contributed by atoms with Gasteiger partial charge in [-0.1, -0.05) is 15.9 Å². The van der Waals surface area contributed by atoms with Gasteiger partial charge in [0.2, 0.25) is 0 Å². The van der Waals surface area contributed by atoms with Gasteiger partial charge in [-0.3, -0.25) is 9.78 Å². The summed E-state index contributed by atoms with van der Waals surface area (Å²) >= 11 is 8.56. The lowest BCUT2D eigenvalue weighted by Crippen LogP contribution is -2.02. The van der Waals surface area contributed by atoms with E-state index in [-0.39, 0.29) is 11.7 Å². The number of nitrogens with zero attached hydrogens (tertiary/aromatic N) is 1. The van der Waals surface area contributed by atoms with Gasteiger partial charge in [0.05, 0.1) is 5.88 Å². The van der Waals surface area contributed by atoms with Crippen LogP contribution in [0, 0.1) is 0 Å². The van der Waals surface area contributed by atoms with Gasteiger partial charge in [-0.2, -0.15) is 0 Å². The largest absolute Gasteiger partial charge is 0.291 e. The van der Waals surface area contributed by atoms with Gasteiger partial charge < -0.3 is 0 Å². The first-order valence-electron chi connectivity index (χ1n) is 2.95. The molecule has 11 heavy (non-hydrogen) atoms. The van der Waals surface area contributed by atoms with Crippen molar-refractivity contribution >= 4 is 33.3 Å². The Morgan fingerprint density at radius 1 is 1.73 bits per heavy atom. The third kappa shape index (κ3) is 2.27. The highest BCUT2D eigenvalue weighted by Gasteiger charge is 2.04. The van der Waals surface area contributed by atoms with Gasteiger partial charge in [-0.15, -0.1) is 11.6 Å². The van der Waals surface area contributed by atoms with Crippen LogP contribution in [0.4, 0.5) is 0 Å². The molecule has 0 aliphatic heterocycles. The summed E-state index contributed by atoms with van der Waals surface area (Å²) in [7, 11) is 0. The van der Waals surface area contributed by atoms with E-state index in [2.05, 4.69) is 20.9 Å². The van der Waals surface area contributed by atoms with Gasteiger partial charge in [-0.25, -0.2) is 0 Å². The molecule has 0 saturated carbocycles. The first kappa shape index (κ1) is 8.68. The molecule has 1 aromatic rings. The molecule has 0 spiro atoms. The molecule has 0 bridgehead atoms. The van der Waals surface area contributed by atoms with E-state index in [0.717, 1.165) is 4.47 Å². The second kappa shape index (κ2) is 3.83. The fraction of sp³-hybridized carbons (Fsp3) is 0.143. The zero-order valence-electron chi connectivity index (χ0n) is 5.55. The maximum atomic E-state index is 11.0. The molecule has 4 heteroatoms. The molecule has 2 nitrogen and oxygen atoms in total. The van der Waals surface area contributed by atoms with Gasteiger partial charge in [-0.05, 0) is 12.1 Å². The molecule has 0 amide bonds. The summed E-state index contributed by atoms with van der Waals surface area (Å²) in [6.45, 7) is 0. The molecule has 0 atom stereocenters. The number of rotatable bonds is 2. The summed E-state index contributed by atoms with van der Waals surface area (Å²) in [6, 6.07) is 3.40. The zero-order chi connectivity index (χ0) is 8.27. The van der Waals surface area contributed by atoms with E-state index in [1.54, 1.807) is 18.3 Å². The van der Waals surface area contributed by atoms with Crippen molar-refractivity contribution in [2.75, 3.05) is 5.88 Å². The van der Waals surface area contributed by atoms with E-state index in [9.17, 15) is 4.79 Å². The third-order valence-corrected chi connectivity index (χ3v) is 1.87. The van der Waals surface area contributed by atoms with Gasteiger partial charge in [0.15, 0.2) is 5.78 Å². The minimum atomic E-state index is -0.159. The Balaban J connectivity index is 2.96. The lowest BCUT2D eigenvalue weighted by atomic mass is 10.3. The summed E-state index contributed by atoms with van der Waals surface area (Å²) in [5, 5.41) is 0. The van der Waals surface area contributed by atoms with Crippen molar-refractivity contribution < 1.29 is 4.79 Å². The van der Waals surface area contributed by atoms with E-state index in [1.165, 1.54) is 0 Å². The molecule has 1 aromatic heterocycles. The van der Waals surface area contributed by atoms with Gasteiger partial charge in [0.1, 0.15) is 5.69 Å². The molecule has 0 saturated heterocycles. The molecule has 0 unspecified atom stereocenters. The van der Waals surface area contributed by atoms with E-state index in [1.807, 2.05) is 0 Å². The number of alkyl halides is 1. The number of aromatic nitrogens is 1. The van der Waals surface area contributed by atoms with Crippen LogP contribution in [-0.4, -0.2) is 16.6 Å². The molecule has 58 valence electrons. The smallest absolute Gasteiger partial charge is 0.195 e. The Kier molecular flexibility index (Phi) is 3.02. The number of halogens is 2. The first-order chi connectivity index (χ1) is 5.24. The fourth-order valence-corrected chi connectivity index (χ4v) is 1.10. The maximum Gasteiger partial charge on any atom is 0.195 e. The van der Waals surface area contributed by atoms with Crippen molar-refractivity contribution in [1.82, 2.24) is 4.98 Å². The Hall–Kier alpha value is -0.410. The lowest BCUT2D eigenvalue weighted by Gasteiger charge is -1.94. The van der Waals surface area contributed by atoms with Crippen molar-refractivity contribution in [3.63, 3.8) is 0 Å². The molecular weight excluding hydrogens is 229 g/mol. The quantitative estimate of drug-likeness (QED) is 0.580. The van der Waals surface area contributed by atoms with Crippen LogP contribution in [0.15, 0.2) is 22.8 Å². The van der Waals surface area contributed by atoms with Crippen molar-refractivity contribution in [3.8, 4) is 0 Å². The van der Waals surface area contributed by atoms with Crippen LogP contribution in [0.3, 0.4) is 0 Å². The molecular formula is C7H5BrClNO. The van der Waals surface area contributed by atoms with Crippen LogP contribution in [0.1, 0.15) is 10.5 Å². The first-order valence-corrected chi connectivity index (χ1v) is 4.27. The highest BCUT2D eigenvalue weighted by atomic mass is 79.9. The van der Waals surface area contributed by atoms with Crippen molar-refractivity contribution in [1.29, 1.82) is 0 Å². The Labute approximate surface area is 77.7 Å². The number of Topliss-reactive ketones (excluding diaryl/α,β-unsaturated/α-hetero) is 1. The number of carbonyl (C=O) groups is 1. The lowest BCUT2D eigenvalue weighted by molar-refractivity contribution is 0.101. The van der Waals surface area contributed by atoms with Crippen LogP contribution < -0.4 is 0 Å². The highest BCUT2D eigenvalue weighted by molar-refractivity contribution is 9.10. The van der Waals surface area contributed by atoms with Crippen LogP contribution in [0.5, 0.6) is 0 Å². The van der Waals surface area contributed by atoms with Crippen LogP contribution >= 0.6 is 27.5 Å². The molecule has 1 heterocycles. The SMILES string of the molecule is O=C(CCl)c1cc(Br)ccn1. The van der Waals surface area contributed by atoms with E-state index >= 15 is 0 Å². The number of carbonyl (C=O) groups excluding carboxylic acids is 1. The number of pyridine rings is 1. The summed E-state index contributed by atoms with van der Waals surface area (Å²) in [5.74, 6) is -0.184. The van der Waals surface area contributed by atoms with Gasteiger partial charge in [0, 0.05) is 10.7 Å². The summed E-state index contributed by atoms with van der Waals surface area (Å²) in [6.07, 6.45) is 1.56. The third-order valence-electron chi connectivity index (χ3n) is 1.13.